The Morgan fingerprint density at radius 1 is 0.980 bits per heavy atom. The van der Waals surface area contributed by atoms with Gasteiger partial charge in [0.05, 0.1) is 24.6 Å². The molecule has 10 nitrogen and oxygen atoms in total. The van der Waals surface area contributed by atoms with Gasteiger partial charge in [0.15, 0.2) is 0 Å². The number of likely N-dealkylation sites (tertiary alicyclic amines) is 1. The molecular formula is C39H51N3O7. The van der Waals surface area contributed by atoms with E-state index in [1.54, 1.807) is 17.1 Å². The van der Waals surface area contributed by atoms with Gasteiger partial charge in [-0.25, -0.2) is 9.59 Å². The molecule has 264 valence electrons. The van der Waals surface area contributed by atoms with Crippen LogP contribution in [0, 0.1) is 11.3 Å². The zero-order chi connectivity index (χ0) is 35.6. The fraction of sp³-hybridized carbons (Fsp3) is 0.487. The van der Waals surface area contributed by atoms with Crippen LogP contribution in [0.2, 0.25) is 0 Å². The predicted octanol–water partition coefficient (Wildman–Crippen LogP) is 5.50. The van der Waals surface area contributed by atoms with Crippen molar-refractivity contribution in [3.8, 4) is 11.1 Å². The molecule has 0 bridgehead atoms. The molecule has 0 unspecified atom stereocenters. The van der Waals surface area contributed by atoms with E-state index in [9.17, 15) is 24.3 Å². The molecule has 2 aromatic carbocycles. The van der Waals surface area contributed by atoms with Gasteiger partial charge in [0, 0.05) is 18.9 Å². The Bertz CT molecular complexity index is 1450. The van der Waals surface area contributed by atoms with Gasteiger partial charge in [0.1, 0.15) is 19.3 Å². The van der Waals surface area contributed by atoms with E-state index in [1.807, 2.05) is 57.2 Å². The number of ether oxygens (including phenoxy) is 2. The minimum Gasteiger partial charge on any atom is -0.462 e. The van der Waals surface area contributed by atoms with E-state index in [0.717, 1.165) is 35.1 Å². The molecular weight excluding hydrogens is 622 g/mol. The molecule has 0 aromatic heterocycles. The van der Waals surface area contributed by atoms with E-state index in [0.29, 0.717) is 19.4 Å². The first-order valence-corrected chi connectivity index (χ1v) is 17.2. The lowest BCUT2D eigenvalue weighted by Crippen LogP contribution is -2.51. The molecule has 4 atom stereocenters. The molecule has 1 aliphatic heterocycles. The highest BCUT2D eigenvalue weighted by Gasteiger charge is 2.35. The highest BCUT2D eigenvalue weighted by molar-refractivity contribution is 5.86. The molecule has 2 aromatic rings. The lowest BCUT2D eigenvalue weighted by atomic mass is 9.86. The number of carbonyl (C=O) groups is 4. The van der Waals surface area contributed by atoms with Crippen molar-refractivity contribution in [2.75, 3.05) is 26.4 Å². The summed E-state index contributed by atoms with van der Waals surface area (Å²) >= 11 is 0. The molecule has 4 rings (SSSR count). The van der Waals surface area contributed by atoms with E-state index < -0.39 is 35.5 Å². The second-order valence-electron chi connectivity index (χ2n) is 13.9. The van der Waals surface area contributed by atoms with Crippen LogP contribution in [0.25, 0.3) is 11.1 Å². The number of benzene rings is 2. The van der Waals surface area contributed by atoms with Crippen molar-refractivity contribution >= 4 is 23.9 Å². The SMILES string of the molecule is C=CCC[C@H](NC(=O)OCC1c2ccccc2-c2ccccc21)C(=O)OC[C@@H](NC(=O)[C@@H](CC=C)CC(=O)N1CCC[C@H]1CO)C(C)(C)C. The zero-order valence-electron chi connectivity index (χ0n) is 29.0. The van der Waals surface area contributed by atoms with Crippen LogP contribution < -0.4 is 10.6 Å². The summed E-state index contributed by atoms with van der Waals surface area (Å²) in [4.78, 5) is 54.6. The molecule has 1 fully saturated rings. The number of aliphatic hydroxyl groups excluding tert-OH is 1. The Balaban J connectivity index is 1.36. The summed E-state index contributed by atoms with van der Waals surface area (Å²) in [5, 5.41) is 15.3. The molecule has 0 saturated carbocycles. The second kappa shape index (κ2) is 17.3. The average Bonchev–Trinajstić information content (AvgIpc) is 3.69. The van der Waals surface area contributed by atoms with Gasteiger partial charge in [0.2, 0.25) is 11.8 Å². The third kappa shape index (κ3) is 9.59. The van der Waals surface area contributed by atoms with E-state index in [4.69, 9.17) is 9.47 Å². The van der Waals surface area contributed by atoms with Gasteiger partial charge in [0.25, 0.3) is 0 Å². The summed E-state index contributed by atoms with van der Waals surface area (Å²) in [7, 11) is 0. The Kier molecular flexibility index (Phi) is 13.2. The van der Waals surface area contributed by atoms with Crippen molar-refractivity contribution in [1.82, 2.24) is 15.5 Å². The topological polar surface area (TPSA) is 134 Å². The lowest BCUT2D eigenvalue weighted by Gasteiger charge is -2.33. The third-order valence-electron chi connectivity index (χ3n) is 9.49. The van der Waals surface area contributed by atoms with Crippen LogP contribution >= 0.6 is 0 Å². The number of carbonyl (C=O) groups excluding carboxylic acids is 4. The van der Waals surface area contributed by atoms with Crippen LogP contribution in [0.15, 0.2) is 73.8 Å². The summed E-state index contributed by atoms with van der Waals surface area (Å²) in [6.45, 7) is 13.7. The van der Waals surface area contributed by atoms with Gasteiger partial charge >= 0.3 is 12.1 Å². The summed E-state index contributed by atoms with van der Waals surface area (Å²) in [6.07, 6.45) is 5.08. The number of hydrogen-bond acceptors (Lipinski definition) is 7. The maximum absolute atomic E-state index is 13.5. The van der Waals surface area contributed by atoms with Crippen LogP contribution in [-0.2, 0) is 23.9 Å². The summed E-state index contributed by atoms with van der Waals surface area (Å²) in [5.74, 6) is -1.97. The van der Waals surface area contributed by atoms with Crippen LogP contribution in [0.4, 0.5) is 4.79 Å². The van der Waals surface area contributed by atoms with E-state index >= 15 is 0 Å². The average molecular weight is 674 g/mol. The van der Waals surface area contributed by atoms with Crippen molar-refractivity contribution in [1.29, 1.82) is 0 Å². The predicted molar refractivity (Wildman–Crippen MR) is 189 cm³/mol. The molecule has 3 N–H and O–H groups in total. The van der Waals surface area contributed by atoms with Crippen molar-refractivity contribution < 1.29 is 33.8 Å². The standard InChI is InChI=1S/C39H51N3O7/c1-6-8-20-33(40-38(47)49-24-32-30-18-11-9-16-28(30)29-17-10-12-19-31(29)32)37(46)48-25-34(39(3,4)5)41-36(45)26(14-7-2)22-35(44)42-21-13-15-27(42)23-43/h6-7,9-12,16-19,26-27,32-34,43H,1-2,8,13-15,20-25H2,3-5H3,(H,40,47)(H,41,45)/t26-,27-,33-,34+/m0/s1. The number of aliphatic hydroxyl groups is 1. The quantitative estimate of drug-likeness (QED) is 0.158. The number of nitrogens with zero attached hydrogens (tertiary/aromatic N) is 1. The first-order chi connectivity index (χ1) is 23.5. The van der Waals surface area contributed by atoms with Gasteiger partial charge in [-0.05, 0) is 59.8 Å². The number of allylic oxidation sites excluding steroid dienone is 2. The first kappa shape index (κ1) is 37.4. The summed E-state index contributed by atoms with van der Waals surface area (Å²) < 4.78 is 11.4. The van der Waals surface area contributed by atoms with E-state index in [1.165, 1.54) is 0 Å². The molecule has 2 aliphatic rings. The van der Waals surface area contributed by atoms with Gasteiger partial charge in [-0.3, -0.25) is 9.59 Å². The van der Waals surface area contributed by atoms with Crippen LogP contribution in [0.1, 0.15) is 76.3 Å². The molecule has 0 radical (unpaired) electrons. The number of nitrogens with one attached hydrogen (secondary N) is 2. The minimum atomic E-state index is -0.990. The maximum Gasteiger partial charge on any atom is 0.407 e. The number of fused-ring (bicyclic) bond motifs is 3. The lowest BCUT2D eigenvalue weighted by molar-refractivity contribution is -0.148. The largest absolute Gasteiger partial charge is 0.462 e. The molecule has 1 aliphatic carbocycles. The monoisotopic (exact) mass is 673 g/mol. The van der Waals surface area contributed by atoms with E-state index in [-0.39, 0.29) is 56.4 Å². The normalized spacial score (nSPS) is 17.2. The van der Waals surface area contributed by atoms with Crippen molar-refractivity contribution in [2.45, 2.75) is 83.3 Å². The van der Waals surface area contributed by atoms with Crippen molar-refractivity contribution in [2.24, 2.45) is 11.3 Å². The number of alkyl carbamates (subject to hydrolysis) is 1. The molecule has 1 saturated heterocycles. The fourth-order valence-corrected chi connectivity index (χ4v) is 6.55. The number of hydrogen-bond donors (Lipinski definition) is 3. The number of amides is 3. The van der Waals surface area contributed by atoms with Crippen LogP contribution in [0.5, 0.6) is 0 Å². The maximum atomic E-state index is 13.5. The smallest absolute Gasteiger partial charge is 0.407 e. The first-order valence-electron chi connectivity index (χ1n) is 17.2. The Morgan fingerprint density at radius 3 is 2.22 bits per heavy atom. The Hall–Kier alpha value is -4.44. The summed E-state index contributed by atoms with van der Waals surface area (Å²) in [6, 6.07) is 14.3. The summed E-state index contributed by atoms with van der Waals surface area (Å²) in [5.41, 5.74) is 3.89. The van der Waals surface area contributed by atoms with E-state index in [2.05, 4.69) is 35.9 Å². The zero-order valence-corrected chi connectivity index (χ0v) is 29.0. The van der Waals surface area contributed by atoms with Crippen LogP contribution in [-0.4, -0.2) is 78.4 Å². The molecule has 10 heteroatoms. The Morgan fingerprint density at radius 2 is 1.63 bits per heavy atom. The van der Waals surface area contributed by atoms with Crippen molar-refractivity contribution in [3.63, 3.8) is 0 Å². The van der Waals surface area contributed by atoms with Crippen LogP contribution in [0.3, 0.4) is 0 Å². The highest BCUT2D eigenvalue weighted by Crippen LogP contribution is 2.44. The minimum absolute atomic E-state index is 0.0152. The van der Waals surface area contributed by atoms with Gasteiger partial charge < -0.3 is 30.1 Å². The second-order valence-corrected chi connectivity index (χ2v) is 13.9. The fourth-order valence-electron chi connectivity index (χ4n) is 6.55. The highest BCUT2D eigenvalue weighted by atomic mass is 16.6. The van der Waals surface area contributed by atoms with Gasteiger partial charge in [-0.15, -0.1) is 13.2 Å². The number of esters is 1. The molecule has 0 spiro atoms. The number of rotatable bonds is 16. The van der Waals surface area contributed by atoms with Gasteiger partial charge in [-0.1, -0.05) is 81.5 Å². The molecule has 49 heavy (non-hydrogen) atoms. The molecule has 3 amide bonds. The Labute approximate surface area is 289 Å². The molecule has 1 heterocycles. The van der Waals surface area contributed by atoms with Gasteiger partial charge in [-0.2, -0.15) is 0 Å². The van der Waals surface area contributed by atoms with Crippen molar-refractivity contribution in [3.05, 3.63) is 85.0 Å². The third-order valence-corrected chi connectivity index (χ3v) is 9.49.